The van der Waals surface area contributed by atoms with E-state index in [4.69, 9.17) is 9.52 Å². The topological polar surface area (TPSA) is 73.9 Å². The van der Waals surface area contributed by atoms with E-state index in [1.807, 2.05) is 14.0 Å². The average molecular weight is 253 g/mol. The van der Waals surface area contributed by atoms with Crippen molar-refractivity contribution in [2.24, 2.45) is 5.92 Å². The fourth-order valence-electron chi connectivity index (χ4n) is 2.32. The van der Waals surface area contributed by atoms with Crippen LogP contribution in [0.15, 0.2) is 16.5 Å². The lowest BCUT2D eigenvalue weighted by atomic mass is 9.82. The molecule has 1 aliphatic carbocycles. The summed E-state index contributed by atoms with van der Waals surface area (Å²) in [6.45, 7) is 2.88. The van der Waals surface area contributed by atoms with E-state index in [9.17, 15) is 9.90 Å². The molecule has 18 heavy (non-hydrogen) atoms. The Hall–Kier alpha value is -1.33. The minimum atomic E-state index is -1.04. The Morgan fingerprint density at radius 2 is 2.22 bits per heavy atom. The second-order valence-corrected chi connectivity index (χ2v) is 5.11. The summed E-state index contributed by atoms with van der Waals surface area (Å²) in [6, 6.07) is 3.23. The van der Waals surface area contributed by atoms with E-state index in [1.165, 1.54) is 6.07 Å². The maximum atomic E-state index is 10.7. The molecule has 1 aliphatic rings. The van der Waals surface area contributed by atoms with Crippen LogP contribution in [0, 0.1) is 5.92 Å². The molecule has 2 rings (SSSR count). The van der Waals surface area contributed by atoms with Gasteiger partial charge in [-0.15, -0.1) is 0 Å². The zero-order chi connectivity index (χ0) is 13.3. The Morgan fingerprint density at radius 1 is 1.56 bits per heavy atom. The Bertz CT molecular complexity index is 422. The van der Waals surface area contributed by atoms with Crippen molar-refractivity contribution in [2.75, 3.05) is 13.6 Å². The molecule has 1 fully saturated rings. The Balaban J connectivity index is 1.92. The predicted molar refractivity (Wildman–Crippen MR) is 65.4 cm³/mol. The first kappa shape index (κ1) is 13.1. The van der Waals surface area contributed by atoms with E-state index in [0.717, 1.165) is 19.4 Å². The summed E-state index contributed by atoms with van der Waals surface area (Å²) in [5.74, 6) is 0.124. The van der Waals surface area contributed by atoms with E-state index < -0.39 is 5.97 Å². The number of aliphatic hydroxyl groups excluding tert-OH is 1. The highest BCUT2D eigenvalue weighted by molar-refractivity contribution is 5.84. The second kappa shape index (κ2) is 5.12. The summed E-state index contributed by atoms with van der Waals surface area (Å²) in [7, 11) is 1.98. The van der Waals surface area contributed by atoms with Crippen molar-refractivity contribution in [1.82, 2.24) is 4.90 Å². The van der Waals surface area contributed by atoms with Gasteiger partial charge >= 0.3 is 5.97 Å². The molecule has 0 aromatic carbocycles. The van der Waals surface area contributed by atoms with Crippen molar-refractivity contribution in [1.29, 1.82) is 0 Å². The number of hydrogen-bond donors (Lipinski definition) is 2. The largest absolute Gasteiger partial charge is 0.475 e. The molecular weight excluding hydrogens is 234 g/mol. The summed E-state index contributed by atoms with van der Waals surface area (Å²) in [6.07, 6.45) is 1.58. The molecule has 0 radical (unpaired) electrons. The highest BCUT2D eigenvalue weighted by Gasteiger charge is 2.29. The van der Waals surface area contributed by atoms with E-state index >= 15 is 0 Å². The van der Waals surface area contributed by atoms with Crippen molar-refractivity contribution in [3.8, 4) is 0 Å². The van der Waals surface area contributed by atoms with Gasteiger partial charge in [-0.25, -0.2) is 4.79 Å². The van der Waals surface area contributed by atoms with Crippen LogP contribution in [0.4, 0.5) is 0 Å². The normalized spacial score (nSPS) is 24.9. The van der Waals surface area contributed by atoms with Gasteiger partial charge in [-0.2, -0.15) is 0 Å². The molecule has 0 bridgehead atoms. The van der Waals surface area contributed by atoms with Gasteiger partial charge < -0.3 is 14.6 Å². The quantitative estimate of drug-likeness (QED) is 0.836. The van der Waals surface area contributed by atoms with Gasteiger partial charge in [-0.05, 0) is 44.9 Å². The standard InChI is InChI=1S/C13H19NO4/c1-8(11-3-4-12(18-11)13(16)17)14(2)7-9-5-10(15)6-9/h3-4,8-10,15H,5-7H2,1-2H3,(H,16,17). The lowest BCUT2D eigenvalue weighted by Crippen LogP contribution is -2.37. The number of aromatic carboxylic acids is 1. The average Bonchev–Trinajstić information content (AvgIpc) is 2.75. The first-order valence-electron chi connectivity index (χ1n) is 6.18. The molecule has 1 unspecified atom stereocenters. The van der Waals surface area contributed by atoms with Gasteiger partial charge in [-0.1, -0.05) is 0 Å². The van der Waals surface area contributed by atoms with Crippen LogP contribution in [-0.2, 0) is 0 Å². The Kier molecular flexibility index (Phi) is 3.73. The number of aliphatic hydroxyl groups is 1. The van der Waals surface area contributed by atoms with Gasteiger partial charge in [0.05, 0.1) is 12.1 Å². The number of hydrogen-bond acceptors (Lipinski definition) is 4. The third kappa shape index (κ3) is 2.73. The molecule has 0 spiro atoms. The van der Waals surface area contributed by atoms with Crippen molar-refractivity contribution < 1.29 is 19.4 Å². The monoisotopic (exact) mass is 253 g/mol. The van der Waals surface area contributed by atoms with Crippen molar-refractivity contribution in [3.05, 3.63) is 23.7 Å². The molecule has 1 saturated carbocycles. The van der Waals surface area contributed by atoms with Crippen molar-refractivity contribution >= 4 is 5.97 Å². The summed E-state index contributed by atoms with van der Waals surface area (Å²) in [5.41, 5.74) is 0. The summed E-state index contributed by atoms with van der Waals surface area (Å²) < 4.78 is 5.29. The summed E-state index contributed by atoms with van der Waals surface area (Å²) in [4.78, 5) is 12.9. The van der Waals surface area contributed by atoms with Crippen LogP contribution in [-0.4, -0.2) is 40.8 Å². The molecule has 1 aromatic heterocycles. The molecule has 5 nitrogen and oxygen atoms in total. The van der Waals surface area contributed by atoms with Gasteiger partial charge in [0.1, 0.15) is 5.76 Å². The Morgan fingerprint density at radius 3 is 2.72 bits per heavy atom. The van der Waals surface area contributed by atoms with Crippen LogP contribution in [0.1, 0.15) is 42.1 Å². The van der Waals surface area contributed by atoms with Crippen LogP contribution < -0.4 is 0 Å². The predicted octanol–water partition coefficient (Wildman–Crippen LogP) is 1.74. The fourth-order valence-corrected chi connectivity index (χ4v) is 2.32. The lowest BCUT2D eigenvalue weighted by Gasteiger charge is -2.36. The first-order valence-corrected chi connectivity index (χ1v) is 6.18. The minimum Gasteiger partial charge on any atom is -0.475 e. The molecule has 1 aromatic rings. The van der Waals surface area contributed by atoms with E-state index in [0.29, 0.717) is 11.7 Å². The summed E-state index contributed by atoms with van der Waals surface area (Å²) in [5, 5.41) is 18.1. The third-order valence-electron chi connectivity index (χ3n) is 3.67. The van der Waals surface area contributed by atoms with Crippen LogP contribution in [0.5, 0.6) is 0 Å². The molecule has 1 atom stereocenters. The summed E-state index contributed by atoms with van der Waals surface area (Å²) >= 11 is 0. The van der Waals surface area contributed by atoms with Gasteiger partial charge in [0.2, 0.25) is 5.76 Å². The van der Waals surface area contributed by atoms with Gasteiger partial charge in [0, 0.05) is 6.54 Å². The molecule has 0 saturated heterocycles. The third-order valence-corrected chi connectivity index (χ3v) is 3.67. The second-order valence-electron chi connectivity index (χ2n) is 5.11. The zero-order valence-corrected chi connectivity index (χ0v) is 10.7. The Labute approximate surface area is 106 Å². The van der Waals surface area contributed by atoms with Crippen LogP contribution in [0.3, 0.4) is 0 Å². The van der Waals surface area contributed by atoms with Crippen LogP contribution in [0.2, 0.25) is 0 Å². The highest BCUT2D eigenvalue weighted by atomic mass is 16.4. The number of carboxylic acids is 1. The molecule has 2 N–H and O–H groups in total. The van der Waals surface area contributed by atoms with Crippen molar-refractivity contribution in [2.45, 2.75) is 31.9 Å². The first-order chi connectivity index (χ1) is 8.47. The lowest BCUT2D eigenvalue weighted by molar-refractivity contribution is 0.0214. The van der Waals surface area contributed by atoms with Crippen LogP contribution in [0.25, 0.3) is 0 Å². The number of nitrogens with zero attached hydrogens (tertiary/aromatic N) is 1. The molecule has 0 amide bonds. The number of carbonyl (C=O) groups is 1. The highest BCUT2D eigenvalue weighted by Crippen LogP contribution is 2.30. The fraction of sp³-hybridized carbons (Fsp3) is 0.615. The molecule has 100 valence electrons. The maximum Gasteiger partial charge on any atom is 0.371 e. The van der Waals surface area contributed by atoms with E-state index in [1.54, 1.807) is 6.07 Å². The molecule has 0 aliphatic heterocycles. The van der Waals surface area contributed by atoms with Crippen molar-refractivity contribution in [3.63, 3.8) is 0 Å². The minimum absolute atomic E-state index is 0.0238. The maximum absolute atomic E-state index is 10.7. The number of rotatable bonds is 5. The van der Waals surface area contributed by atoms with E-state index in [-0.39, 0.29) is 17.9 Å². The van der Waals surface area contributed by atoms with Gasteiger partial charge in [-0.3, -0.25) is 4.90 Å². The SMILES string of the molecule is CC(c1ccc(C(=O)O)o1)N(C)CC1CC(O)C1. The number of furan rings is 1. The van der Waals surface area contributed by atoms with Gasteiger partial charge in [0.25, 0.3) is 0 Å². The number of carboxylic acid groups (broad SMARTS) is 1. The smallest absolute Gasteiger partial charge is 0.371 e. The molecule has 1 heterocycles. The van der Waals surface area contributed by atoms with E-state index in [2.05, 4.69) is 4.90 Å². The molecular formula is C13H19NO4. The zero-order valence-electron chi connectivity index (χ0n) is 10.7. The van der Waals surface area contributed by atoms with Gasteiger partial charge in [0.15, 0.2) is 0 Å². The van der Waals surface area contributed by atoms with Crippen LogP contribution >= 0.6 is 0 Å². The molecule has 5 heteroatoms.